The number of hydrogen-bond donors (Lipinski definition) is 4. The van der Waals surface area contributed by atoms with Crippen LogP contribution in [0.25, 0.3) is 0 Å². The number of phenolic OH excluding ortho intramolecular Hbond substituents is 1. The number of carboxylic acid groups (broad SMARTS) is 1. The first kappa shape index (κ1) is 16.4. The first-order chi connectivity index (χ1) is 9.96. The van der Waals surface area contributed by atoms with Crippen LogP contribution in [0.2, 0.25) is 0 Å². The lowest BCUT2D eigenvalue weighted by atomic mass is 10.1. The lowest BCUT2D eigenvalue weighted by molar-refractivity contribution is -0.139. The average molecular weight is 290 g/mol. The smallest absolute Gasteiger partial charge is 0.326 e. The van der Waals surface area contributed by atoms with Gasteiger partial charge in [0, 0.05) is 6.42 Å². The topological polar surface area (TPSA) is 98.7 Å². The molecule has 2 atom stereocenters. The van der Waals surface area contributed by atoms with E-state index in [1.807, 2.05) is 6.92 Å². The summed E-state index contributed by atoms with van der Waals surface area (Å²) in [6.07, 6.45) is 5.89. The van der Waals surface area contributed by atoms with Gasteiger partial charge in [0.15, 0.2) is 0 Å². The van der Waals surface area contributed by atoms with E-state index in [-0.39, 0.29) is 12.2 Å². The SMILES string of the molecule is C#CC(CC)NC(=O)NC(Cc1ccc(O)cc1)C(=O)O. The van der Waals surface area contributed by atoms with Crippen molar-refractivity contribution in [1.82, 2.24) is 10.6 Å². The third-order valence-corrected chi connectivity index (χ3v) is 2.89. The van der Waals surface area contributed by atoms with E-state index in [1.165, 1.54) is 12.1 Å². The minimum atomic E-state index is -1.15. The van der Waals surface area contributed by atoms with Gasteiger partial charge in [-0.25, -0.2) is 9.59 Å². The fraction of sp³-hybridized carbons (Fsp3) is 0.333. The maximum absolute atomic E-state index is 11.7. The first-order valence-electron chi connectivity index (χ1n) is 6.50. The van der Waals surface area contributed by atoms with E-state index in [0.29, 0.717) is 12.0 Å². The molecule has 0 bridgehead atoms. The van der Waals surface area contributed by atoms with Gasteiger partial charge in [-0.15, -0.1) is 6.42 Å². The number of carbonyl (C=O) groups is 2. The van der Waals surface area contributed by atoms with Crippen molar-refractivity contribution in [2.75, 3.05) is 0 Å². The van der Waals surface area contributed by atoms with Crippen LogP contribution < -0.4 is 10.6 Å². The average Bonchev–Trinajstić information content (AvgIpc) is 2.46. The number of benzene rings is 1. The number of hydrogen-bond acceptors (Lipinski definition) is 3. The molecule has 2 unspecified atom stereocenters. The summed E-state index contributed by atoms with van der Waals surface area (Å²) in [5, 5.41) is 23.2. The van der Waals surface area contributed by atoms with Crippen LogP contribution in [0.1, 0.15) is 18.9 Å². The van der Waals surface area contributed by atoms with Gasteiger partial charge in [0.2, 0.25) is 0 Å². The summed E-state index contributed by atoms with van der Waals surface area (Å²) in [5.41, 5.74) is 0.685. The zero-order valence-corrected chi connectivity index (χ0v) is 11.7. The standard InChI is InChI=1S/C15H18N2O4/c1-3-11(4-2)16-15(21)17-13(14(19)20)9-10-5-7-12(18)8-6-10/h1,5-8,11,13,18H,4,9H2,2H3,(H,19,20)(H2,16,17,21). The number of phenols is 1. The fourth-order valence-corrected chi connectivity index (χ4v) is 1.69. The molecule has 0 fully saturated rings. The van der Waals surface area contributed by atoms with Gasteiger partial charge in [-0.3, -0.25) is 0 Å². The molecule has 1 rings (SSSR count). The van der Waals surface area contributed by atoms with E-state index in [2.05, 4.69) is 16.6 Å². The summed E-state index contributed by atoms with van der Waals surface area (Å²) in [7, 11) is 0. The predicted octanol–water partition coefficient (Wildman–Crippen LogP) is 1.10. The number of aromatic hydroxyl groups is 1. The Morgan fingerprint density at radius 3 is 2.38 bits per heavy atom. The molecule has 1 aromatic carbocycles. The normalized spacial score (nSPS) is 12.8. The second-order valence-electron chi connectivity index (χ2n) is 4.51. The zero-order valence-electron chi connectivity index (χ0n) is 11.7. The third kappa shape index (κ3) is 5.45. The van der Waals surface area contributed by atoms with Crippen molar-refractivity contribution >= 4 is 12.0 Å². The number of terminal acetylenes is 1. The number of aliphatic carboxylic acids is 1. The van der Waals surface area contributed by atoms with Crippen LogP contribution in [0, 0.1) is 12.3 Å². The molecule has 0 saturated carbocycles. The van der Waals surface area contributed by atoms with E-state index >= 15 is 0 Å². The molecule has 6 heteroatoms. The van der Waals surface area contributed by atoms with E-state index in [0.717, 1.165) is 0 Å². The first-order valence-corrected chi connectivity index (χ1v) is 6.50. The van der Waals surface area contributed by atoms with Crippen molar-refractivity contribution in [3.63, 3.8) is 0 Å². The second kappa shape index (κ2) is 7.80. The molecule has 1 aromatic rings. The lowest BCUT2D eigenvalue weighted by Crippen LogP contribution is -2.49. The molecular weight excluding hydrogens is 272 g/mol. The Hall–Kier alpha value is -2.68. The summed E-state index contributed by atoms with van der Waals surface area (Å²) in [4.78, 5) is 22.9. The number of carbonyl (C=O) groups excluding carboxylic acids is 1. The Balaban J connectivity index is 2.66. The fourth-order valence-electron chi connectivity index (χ4n) is 1.69. The molecule has 4 N–H and O–H groups in total. The lowest BCUT2D eigenvalue weighted by Gasteiger charge is -2.17. The van der Waals surface area contributed by atoms with Crippen LogP contribution in [0.3, 0.4) is 0 Å². The van der Waals surface area contributed by atoms with Crippen LogP contribution in [-0.4, -0.2) is 34.3 Å². The molecule has 0 aromatic heterocycles. The van der Waals surface area contributed by atoms with E-state index < -0.39 is 24.1 Å². The highest BCUT2D eigenvalue weighted by Crippen LogP contribution is 2.11. The molecular formula is C15H18N2O4. The molecule has 21 heavy (non-hydrogen) atoms. The van der Waals surface area contributed by atoms with Crippen molar-refractivity contribution < 1.29 is 19.8 Å². The van der Waals surface area contributed by atoms with Gasteiger partial charge < -0.3 is 20.8 Å². The van der Waals surface area contributed by atoms with Crippen molar-refractivity contribution in [1.29, 1.82) is 0 Å². The highest BCUT2D eigenvalue weighted by Gasteiger charge is 2.21. The van der Waals surface area contributed by atoms with Gasteiger partial charge in [-0.1, -0.05) is 25.0 Å². The van der Waals surface area contributed by atoms with Crippen LogP contribution >= 0.6 is 0 Å². The quantitative estimate of drug-likeness (QED) is 0.590. The summed E-state index contributed by atoms with van der Waals surface area (Å²) in [6.45, 7) is 1.82. The van der Waals surface area contributed by atoms with Crippen molar-refractivity contribution in [2.45, 2.75) is 31.8 Å². The number of urea groups is 1. The Labute approximate surface area is 123 Å². The van der Waals surface area contributed by atoms with Gasteiger partial charge in [0.05, 0.1) is 6.04 Å². The van der Waals surface area contributed by atoms with Gasteiger partial charge in [-0.2, -0.15) is 0 Å². The molecule has 0 aliphatic carbocycles. The molecule has 0 radical (unpaired) electrons. The highest BCUT2D eigenvalue weighted by atomic mass is 16.4. The van der Waals surface area contributed by atoms with Crippen LogP contribution in [-0.2, 0) is 11.2 Å². The van der Waals surface area contributed by atoms with Gasteiger partial charge >= 0.3 is 12.0 Å². The largest absolute Gasteiger partial charge is 0.508 e. The molecule has 0 saturated heterocycles. The van der Waals surface area contributed by atoms with Gasteiger partial charge in [0.1, 0.15) is 11.8 Å². The van der Waals surface area contributed by atoms with Crippen LogP contribution in [0.4, 0.5) is 4.79 Å². The molecule has 0 heterocycles. The second-order valence-corrected chi connectivity index (χ2v) is 4.51. The van der Waals surface area contributed by atoms with Gasteiger partial charge in [0.25, 0.3) is 0 Å². The number of amides is 2. The summed E-state index contributed by atoms with van der Waals surface area (Å²) in [6, 6.07) is 3.98. The Morgan fingerprint density at radius 2 is 1.90 bits per heavy atom. The molecule has 0 aliphatic heterocycles. The third-order valence-electron chi connectivity index (χ3n) is 2.89. The number of carboxylic acids is 1. The maximum Gasteiger partial charge on any atom is 0.326 e. The Kier molecular flexibility index (Phi) is 6.08. The molecule has 112 valence electrons. The molecule has 2 amide bonds. The Bertz CT molecular complexity index is 534. The summed E-state index contributed by atoms with van der Waals surface area (Å²) < 4.78 is 0. The molecule has 0 spiro atoms. The van der Waals surface area contributed by atoms with Gasteiger partial charge in [-0.05, 0) is 24.1 Å². The zero-order chi connectivity index (χ0) is 15.8. The van der Waals surface area contributed by atoms with Crippen LogP contribution in [0.5, 0.6) is 5.75 Å². The van der Waals surface area contributed by atoms with E-state index in [4.69, 9.17) is 11.5 Å². The number of rotatable bonds is 6. The highest BCUT2D eigenvalue weighted by molar-refractivity contribution is 5.83. The summed E-state index contributed by atoms with van der Waals surface area (Å²) in [5.74, 6) is 1.34. The molecule has 6 nitrogen and oxygen atoms in total. The monoisotopic (exact) mass is 290 g/mol. The van der Waals surface area contributed by atoms with Crippen molar-refractivity contribution in [3.8, 4) is 18.1 Å². The number of nitrogens with one attached hydrogen (secondary N) is 2. The summed E-state index contributed by atoms with van der Waals surface area (Å²) >= 11 is 0. The van der Waals surface area contributed by atoms with Crippen LogP contribution in [0.15, 0.2) is 24.3 Å². The minimum Gasteiger partial charge on any atom is -0.508 e. The molecule has 0 aliphatic rings. The minimum absolute atomic E-state index is 0.0936. The predicted molar refractivity (Wildman–Crippen MR) is 77.8 cm³/mol. The van der Waals surface area contributed by atoms with Crippen molar-refractivity contribution in [3.05, 3.63) is 29.8 Å². The maximum atomic E-state index is 11.7. The van der Waals surface area contributed by atoms with E-state index in [9.17, 15) is 14.7 Å². The van der Waals surface area contributed by atoms with Crippen molar-refractivity contribution in [2.24, 2.45) is 0 Å². The Morgan fingerprint density at radius 1 is 1.29 bits per heavy atom. The van der Waals surface area contributed by atoms with E-state index in [1.54, 1.807) is 12.1 Å².